The third-order valence-corrected chi connectivity index (χ3v) is 4.41. The monoisotopic (exact) mass is 438 g/mol. The van der Waals surface area contributed by atoms with Gasteiger partial charge in [0.1, 0.15) is 0 Å². The van der Waals surface area contributed by atoms with Crippen molar-refractivity contribution in [3.63, 3.8) is 0 Å². The van der Waals surface area contributed by atoms with Crippen LogP contribution in [0.25, 0.3) is 0 Å². The van der Waals surface area contributed by atoms with Gasteiger partial charge in [-0.25, -0.2) is 10.9 Å². The van der Waals surface area contributed by atoms with Crippen LogP contribution in [-0.4, -0.2) is 24.2 Å². The van der Waals surface area contributed by atoms with Crippen molar-refractivity contribution in [3.8, 4) is 0 Å². The molecule has 30 heavy (non-hydrogen) atoms. The molecule has 150 valence electrons. The topological polar surface area (TPSA) is 82.9 Å². The zero-order valence-electron chi connectivity index (χ0n) is 15.5. The van der Waals surface area contributed by atoms with E-state index in [1.165, 1.54) is 12.4 Å². The van der Waals surface area contributed by atoms with Crippen LogP contribution in [0.4, 0.5) is 0 Å². The van der Waals surface area contributed by atoms with Gasteiger partial charge >= 0.3 is 0 Å². The molecular formula is C22H16Cl2N4O2. The van der Waals surface area contributed by atoms with Crippen LogP contribution in [0.5, 0.6) is 0 Å². The molecule has 6 nitrogen and oxygen atoms in total. The van der Waals surface area contributed by atoms with Gasteiger partial charge in [0, 0.05) is 21.2 Å². The Morgan fingerprint density at radius 2 is 0.933 bits per heavy atom. The van der Waals surface area contributed by atoms with Crippen LogP contribution in [0.2, 0.25) is 10.0 Å². The first-order valence-electron chi connectivity index (χ1n) is 8.79. The molecule has 0 atom stereocenters. The van der Waals surface area contributed by atoms with Crippen LogP contribution >= 0.6 is 23.2 Å². The Balaban J connectivity index is 1.50. The van der Waals surface area contributed by atoms with E-state index in [1.807, 2.05) is 0 Å². The average Bonchev–Trinajstić information content (AvgIpc) is 2.75. The zero-order valence-corrected chi connectivity index (χ0v) is 17.1. The highest BCUT2D eigenvalue weighted by Gasteiger charge is 2.04. The predicted molar refractivity (Wildman–Crippen MR) is 119 cm³/mol. The standard InChI is InChI=1S/C22H16Cl2N4O2/c23-19-9-5-17(6-10-19)21(29)27-25-13-15-1-2-16(4-3-15)14-26-28-22(30)18-7-11-20(24)12-8-18/h1-14H,(H,27,29)(H,28,30)/b25-13+,26-14+. The van der Waals surface area contributed by atoms with Gasteiger partial charge in [-0.1, -0.05) is 47.5 Å². The van der Waals surface area contributed by atoms with Crippen molar-refractivity contribution < 1.29 is 9.59 Å². The summed E-state index contributed by atoms with van der Waals surface area (Å²) in [6, 6.07) is 20.2. The molecule has 0 aromatic heterocycles. The highest BCUT2D eigenvalue weighted by atomic mass is 35.5. The minimum Gasteiger partial charge on any atom is -0.267 e. The maximum Gasteiger partial charge on any atom is 0.271 e. The number of nitrogens with one attached hydrogen (secondary N) is 2. The van der Waals surface area contributed by atoms with Crippen LogP contribution in [0, 0.1) is 0 Å². The molecule has 0 heterocycles. The number of carbonyl (C=O) groups excluding carboxylic acids is 2. The zero-order chi connectivity index (χ0) is 21.3. The maximum absolute atomic E-state index is 12.0. The number of carbonyl (C=O) groups is 2. The lowest BCUT2D eigenvalue weighted by Crippen LogP contribution is -2.17. The smallest absolute Gasteiger partial charge is 0.267 e. The summed E-state index contributed by atoms with van der Waals surface area (Å²) in [5, 5.41) is 8.99. The van der Waals surface area contributed by atoms with Gasteiger partial charge in [0.25, 0.3) is 11.8 Å². The molecule has 3 aromatic rings. The highest BCUT2D eigenvalue weighted by molar-refractivity contribution is 6.31. The van der Waals surface area contributed by atoms with E-state index in [4.69, 9.17) is 23.2 Å². The molecule has 2 amide bonds. The molecule has 0 aliphatic rings. The Hall–Kier alpha value is -3.48. The number of rotatable bonds is 6. The van der Waals surface area contributed by atoms with Gasteiger partial charge in [-0.15, -0.1) is 0 Å². The van der Waals surface area contributed by atoms with Gasteiger partial charge in [-0.3, -0.25) is 9.59 Å². The number of hydrogen-bond acceptors (Lipinski definition) is 4. The van der Waals surface area contributed by atoms with Gasteiger partial charge in [0.2, 0.25) is 0 Å². The first kappa shape index (κ1) is 21.2. The molecule has 0 fully saturated rings. The van der Waals surface area contributed by atoms with E-state index in [2.05, 4.69) is 21.1 Å². The van der Waals surface area contributed by atoms with Crippen LogP contribution in [0.3, 0.4) is 0 Å². The Morgan fingerprint density at radius 3 is 1.27 bits per heavy atom. The summed E-state index contributed by atoms with van der Waals surface area (Å²) in [5.74, 6) is -0.661. The Bertz CT molecular complexity index is 989. The largest absolute Gasteiger partial charge is 0.271 e. The number of benzene rings is 3. The fourth-order valence-electron chi connectivity index (χ4n) is 2.33. The Labute approximate surface area is 183 Å². The average molecular weight is 439 g/mol. The third kappa shape index (κ3) is 6.27. The summed E-state index contributed by atoms with van der Waals surface area (Å²) in [6.45, 7) is 0. The lowest BCUT2D eigenvalue weighted by molar-refractivity contribution is 0.0947. The van der Waals surface area contributed by atoms with E-state index in [0.29, 0.717) is 21.2 Å². The van der Waals surface area contributed by atoms with E-state index < -0.39 is 0 Å². The molecule has 0 radical (unpaired) electrons. The summed E-state index contributed by atoms with van der Waals surface area (Å²) < 4.78 is 0. The van der Waals surface area contributed by atoms with Crippen molar-refractivity contribution >= 4 is 47.4 Å². The predicted octanol–water partition coefficient (Wildman–Crippen LogP) is 4.52. The van der Waals surface area contributed by atoms with Crippen LogP contribution < -0.4 is 10.9 Å². The number of halogens is 2. The van der Waals surface area contributed by atoms with Gasteiger partial charge < -0.3 is 0 Å². The molecule has 3 aromatic carbocycles. The summed E-state index contributed by atoms with van der Waals surface area (Å²) in [6.07, 6.45) is 3.05. The van der Waals surface area contributed by atoms with Crippen molar-refractivity contribution in [3.05, 3.63) is 105 Å². The van der Waals surface area contributed by atoms with Gasteiger partial charge in [0.05, 0.1) is 12.4 Å². The summed E-state index contributed by atoms with van der Waals surface area (Å²) in [5.41, 5.74) is 7.40. The number of hydrazone groups is 2. The van der Waals surface area contributed by atoms with E-state index in [1.54, 1.807) is 72.8 Å². The number of nitrogens with zero attached hydrogens (tertiary/aromatic N) is 2. The minimum atomic E-state index is -0.330. The maximum atomic E-state index is 12.0. The summed E-state index contributed by atoms with van der Waals surface area (Å²) >= 11 is 11.6. The molecule has 0 saturated heterocycles. The molecular weight excluding hydrogens is 423 g/mol. The van der Waals surface area contributed by atoms with Crippen molar-refractivity contribution in [2.24, 2.45) is 10.2 Å². The molecule has 8 heteroatoms. The van der Waals surface area contributed by atoms with Crippen molar-refractivity contribution in [2.45, 2.75) is 0 Å². The quantitative estimate of drug-likeness (QED) is 0.437. The first-order chi connectivity index (χ1) is 14.5. The second-order valence-corrected chi connectivity index (χ2v) is 6.95. The van der Waals surface area contributed by atoms with E-state index >= 15 is 0 Å². The summed E-state index contributed by atoms with van der Waals surface area (Å²) in [4.78, 5) is 23.9. The number of amides is 2. The molecule has 0 spiro atoms. The Morgan fingerprint density at radius 1 is 0.600 bits per heavy atom. The molecule has 2 N–H and O–H groups in total. The summed E-state index contributed by atoms with van der Waals surface area (Å²) in [7, 11) is 0. The molecule has 0 unspecified atom stereocenters. The second kappa shape index (κ2) is 10.3. The van der Waals surface area contributed by atoms with Crippen LogP contribution in [0.15, 0.2) is 83.0 Å². The SMILES string of the molecule is O=C(N/N=C/c1ccc(/C=N/NC(=O)c2ccc(Cl)cc2)cc1)c1ccc(Cl)cc1. The molecule has 0 saturated carbocycles. The van der Waals surface area contributed by atoms with E-state index in [-0.39, 0.29) is 11.8 Å². The van der Waals surface area contributed by atoms with Crippen LogP contribution in [-0.2, 0) is 0 Å². The van der Waals surface area contributed by atoms with Gasteiger partial charge in [0.15, 0.2) is 0 Å². The number of hydrogen-bond donors (Lipinski definition) is 2. The van der Waals surface area contributed by atoms with Crippen LogP contribution in [0.1, 0.15) is 31.8 Å². The Kier molecular flexibility index (Phi) is 7.32. The fraction of sp³-hybridized carbons (Fsp3) is 0. The lowest BCUT2D eigenvalue weighted by Gasteiger charge is -2.01. The molecule has 0 aliphatic carbocycles. The first-order valence-corrected chi connectivity index (χ1v) is 9.55. The van der Waals surface area contributed by atoms with Gasteiger partial charge in [-0.2, -0.15) is 10.2 Å². The molecule has 3 rings (SSSR count). The normalized spacial score (nSPS) is 11.0. The highest BCUT2D eigenvalue weighted by Crippen LogP contribution is 2.10. The van der Waals surface area contributed by atoms with E-state index in [0.717, 1.165) is 11.1 Å². The molecule has 0 bridgehead atoms. The van der Waals surface area contributed by atoms with Crippen molar-refractivity contribution in [1.29, 1.82) is 0 Å². The second-order valence-electron chi connectivity index (χ2n) is 6.08. The third-order valence-electron chi connectivity index (χ3n) is 3.91. The fourth-order valence-corrected chi connectivity index (χ4v) is 2.58. The minimum absolute atomic E-state index is 0.330. The van der Waals surface area contributed by atoms with Gasteiger partial charge in [-0.05, 0) is 59.7 Å². The van der Waals surface area contributed by atoms with Crippen molar-refractivity contribution in [1.82, 2.24) is 10.9 Å². The van der Waals surface area contributed by atoms with Crippen molar-refractivity contribution in [2.75, 3.05) is 0 Å². The molecule has 0 aliphatic heterocycles. The lowest BCUT2D eigenvalue weighted by atomic mass is 10.2. The van der Waals surface area contributed by atoms with E-state index in [9.17, 15) is 9.59 Å².